The smallest absolute Gasteiger partial charge is 0.176 e. The minimum atomic E-state index is -0.395. The van der Waals surface area contributed by atoms with Crippen LogP contribution >= 0.6 is 0 Å². The summed E-state index contributed by atoms with van der Waals surface area (Å²) in [5, 5.41) is 0. The normalized spacial score (nSPS) is 10.8. The maximum atomic E-state index is 12.9. The third-order valence-electron chi connectivity index (χ3n) is 2.22. The van der Waals surface area contributed by atoms with E-state index in [1.54, 1.807) is 17.7 Å². The number of fused-ring (bicyclic) bond motifs is 1. The van der Waals surface area contributed by atoms with Crippen molar-refractivity contribution >= 4 is 16.8 Å². The van der Waals surface area contributed by atoms with Gasteiger partial charge in [-0.3, -0.25) is 9.78 Å². The zero-order valence-electron chi connectivity index (χ0n) is 7.91. The summed E-state index contributed by atoms with van der Waals surface area (Å²) in [4.78, 5) is 15.1. The first-order valence-corrected chi connectivity index (χ1v) is 4.21. The van der Waals surface area contributed by atoms with Gasteiger partial charge in [0.25, 0.3) is 0 Å². The van der Waals surface area contributed by atoms with Gasteiger partial charge in [0.2, 0.25) is 0 Å². The van der Waals surface area contributed by atoms with Crippen LogP contribution in [-0.2, 0) is 7.05 Å². The predicted octanol–water partition coefficient (Wildman–Crippen LogP) is 1.91. The van der Waals surface area contributed by atoms with E-state index in [9.17, 15) is 9.18 Å². The summed E-state index contributed by atoms with van der Waals surface area (Å²) >= 11 is 0. The van der Waals surface area contributed by atoms with Gasteiger partial charge < -0.3 is 4.57 Å². The van der Waals surface area contributed by atoms with Crippen molar-refractivity contribution in [2.45, 2.75) is 6.92 Å². The molecule has 2 aromatic heterocycles. The topological polar surface area (TPSA) is 34.9 Å². The van der Waals surface area contributed by atoms with Gasteiger partial charge in [0.15, 0.2) is 5.78 Å². The summed E-state index contributed by atoms with van der Waals surface area (Å²) < 4.78 is 14.5. The summed E-state index contributed by atoms with van der Waals surface area (Å²) in [6.45, 7) is 1.48. The van der Waals surface area contributed by atoms with Crippen molar-refractivity contribution in [1.29, 1.82) is 0 Å². The molecule has 0 aliphatic heterocycles. The molecule has 0 unspecified atom stereocenters. The summed E-state index contributed by atoms with van der Waals surface area (Å²) in [5.74, 6) is -0.445. The van der Waals surface area contributed by atoms with E-state index >= 15 is 0 Å². The van der Waals surface area contributed by atoms with Crippen LogP contribution in [0.25, 0.3) is 11.0 Å². The maximum Gasteiger partial charge on any atom is 0.176 e. The Bertz CT molecular complexity index is 516. The molecule has 0 aliphatic rings. The number of aryl methyl sites for hydroxylation is 1. The highest BCUT2D eigenvalue weighted by atomic mass is 19.1. The maximum absolute atomic E-state index is 12.9. The molecule has 0 atom stereocenters. The number of pyridine rings is 1. The van der Waals surface area contributed by atoms with Crippen LogP contribution in [0, 0.1) is 5.82 Å². The second-order valence-electron chi connectivity index (χ2n) is 3.20. The van der Waals surface area contributed by atoms with Crippen molar-refractivity contribution in [1.82, 2.24) is 9.55 Å². The molecule has 0 N–H and O–H groups in total. The molecule has 0 amide bonds. The van der Waals surface area contributed by atoms with Crippen molar-refractivity contribution in [3.05, 3.63) is 29.8 Å². The summed E-state index contributed by atoms with van der Waals surface area (Å²) in [5.41, 5.74) is 1.81. The molecule has 72 valence electrons. The van der Waals surface area contributed by atoms with Gasteiger partial charge in [0.1, 0.15) is 5.82 Å². The van der Waals surface area contributed by atoms with E-state index in [2.05, 4.69) is 4.98 Å². The first-order chi connectivity index (χ1) is 6.59. The summed E-state index contributed by atoms with van der Waals surface area (Å²) in [7, 11) is 1.72. The molecule has 14 heavy (non-hydrogen) atoms. The van der Waals surface area contributed by atoms with Gasteiger partial charge in [-0.1, -0.05) is 0 Å². The van der Waals surface area contributed by atoms with Gasteiger partial charge in [-0.2, -0.15) is 0 Å². The number of Topliss-reactive ketones (excluding diaryl/α,β-unsaturated/α-hetero) is 1. The minimum absolute atomic E-state index is 0.0501. The number of aromatic nitrogens is 2. The number of nitrogens with zero attached hydrogens (tertiary/aromatic N) is 2. The number of ketones is 1. The van der Waals surface area contributed by atoms with Crippen LogP contribution in [0.5, 0.6) is 0 Å². The van der Waals surface area contributed by atoms with Crippen molar-refractivity contribution < 1.29 is 9.18 Å². The lowest BCUT2D eigenvalue weighted by Gasteiger charge is -1.98. The Hall–Kier alpha value is -1.71. The van der Waals surface area contributed by atoms with Crippen LogP contribution in [0.1, 0.15) is 17.4 Å². The fourth-order valence-electron chi connectivity index (χ4n) is 1.51. The summed E-state index contributed by atoms with van der Waals surface area (Å²) in [6, 6.07) is 3.03. The fourth-order valence-corrected chi connectivity index (χ4v) is 1.51. The largest absolute Gasteiger partial charge is 0.340 e. The predicted molar refractivity (Wildman–Crippen MR) is 50.7 cm³/mol. The van der Waals surface area contributed by atoms with Crippen LogP contribution in [0.4, 0.5) is 4.39 Å². The first kappa shape index (κ1) is 8.87. The van der Waals surface area contributed by atoms with Crippen LogP contribution in [-0.4, -0.2) is 15.3 Å². The van der Waals surface area contributed by atoms with E-state index in [0.29, 0.717) is 16.7 Å². The van der Waals surface area contributed by atoms with Crippen molar-refractivity contribution in [2.24, 2.45) is 7.05 Å². The molecular formula is C10H9FN2O. The van der Waals surface area contributed by atoms with E-state index in [1.807, 2.05) is 0 Å². The zero-order valence-corrected chi connectivity index (χ0v) is 7.91. The molecule has 4 heteroatoms. The molecule has 0 fully saturated rings. The average Bonchev–Trinajstić information content (AvgIpc) is 2.44. The number of carbonyl (C=O) groups excluding carboxylic acids is 1. The molecule has 0 aliphatic carbocycles. The highest BCUT2D eigenvalue weighted by Crippen LogP contribution is 2.17. The molecule has 0 spiro atoms. The number of hydrogen-bond donors (Lipinski definition) is 0. The van der Waals surface area contributed by atoms with E-state index in [4.69, 9.17) is 0 Å². The lowest BCUT2D eigenvalue weighted by Crippen LogP contribution is -2.00. The molecule has 0 radical (unpaired) electrons. The lowest BCUT2D eigenvalue weighted by molar-refractivity contribution is 0.101. The molecule has 2 rings (SSSR count). The van der Waals surface area contributed by atoms with Crippen molar-refractivity contribution in [3.63, 3.8) is 0 Å². The van der Waals surface area contributed by atoms with E-state index < -0.39 is 5.82 Å². The molecule has 2 heterocycles. The number of hydrogen-bond acceptors (Lipinski definition) is 2. The Kier molecular flexibility index (Phi) is 1.84. The monoisotopic (exact) mass is 192 g/mol. The van der Waals surface area contributed by atoms with Gasteiger partial charge in [-0.25, -0.2) is 4.39 Å². The number of carbonyl (C=O) groups is 1. The summed E-state index contributed by atoms with van der Waals surface area (Å²) in [6.07, 6.45) is 1.15. The van der Waals surface area contributed by atoms with Crippen molar-refractivity contribution in [2.75, 3.05) is 0 Å². The Labute approximate surface area is 80.2 Å². The molecule has 3 nitrogen and oxygen atoms in total. The Morgan fingerprint density at radius 2 is 2.21 bits per heavy atom. The molecule has 0 bridgehead atoms. The highest BCUT2D eigenvalue weighted by molar-refractivity contribution is 5.97. The second kappa shape index (κ2) is 2.90. The van der Waals surface area contributed by atoms with E-state index in [1.165, 1.54) is 13.0 Å². The number of rotatable bonds is 1. The van der Waals surface area contributed by atoms with Crippen molar-refractivity contribution in [3.8, 4) is 0 Å². The minimum Gasteiger partial charge on any atom is -0.340 e. The first-order valence-electron chi connectivity index (χ1n) is 4.21. The van der Waals surface area contributed by atoms with Gasteiger partial charge >= 0.3 is 0 Å². The van der Waals surface area contributed by atoms with Crippen LogP contribution in [0.3, 0.4) is 0 Å². The lowest BCUT2D eigenvalue weighted by atomic mass is 10.3. The highest BCUT2D eigenvalue weighted by Gasteiger charge is 2.10. The molecule has 0 aromatic carbocycles. The average molecular weight is 192 g/mol. The fraction of sp³-hybridized carbons (Fsp3) is 0.200. The third kappa shape index (κ3) is 1.19. The Morgan fingerprint density at radius 1 is 1.50 bits per heavy atom. The molecule has 2 aromatic rings. The zero-order chi connectivity index (χ0) is 10.3. The Morgan fingerprint density at radius 3 is 2.86 bits per heavy atom. The van der Waals surface area contributed by atoms with E-state index in [-0.39, 0.29) is 5.78 Å². The molecular weight excluding hydrogens is 183 g/mol. The third-order valence-corrected chi connectivity index (χ3v) is 2.22. The van der Waals surface area contributed by atoms with Gasteiger partial charge in [-0.05, 0) is 6.07 Å². The SMILES string of the molecule is CC(=O)c1cc2ncc(F)cc2n1C. The quantitative estimate of drug-likeness (QED) is 0.647. The van der Waals surface area contributed by atoms with Crippen LogP contribution < -0.4 is 0 Å². The molecule has 0 saturated heterocycles. The van der Waals surface area contributed by atoms with Gasteiger partial charge in [0, 0.05) is 20.0 Å². The molecule has 0 saturated carbocycles. The standard InChI is InChI=1S/C10H9FN2O/c1-6(14)9-4-8-10(13(9)2)3-7(11)5-12-8/h3-5H,1-2H3. The van der Waals surface area contributed by atoms with Gasteiger partial charge in [-0.15, -0.1) is 0 Å². The van der Waals surface area contributed by atoms with Crippen LogP contribution in [0.15, 0.2) is 18.3 Å². The van der Waals surface area contributed by atoms with E-state index in [0.717, 1.165) is 6.20 Å². The number of halogens is 1. The second-order valence-corrected chi connectivity index (χ2v) is 3.20. The Balaban J connectivity index is 2.80. The van der Waals surface area contributed by atoms with Crippen LogP contribution in [0.2, 0.25) is 0 Å². The van der Waals surface area contributed by atoms with Gasteiger partial charge in [0.05, 0.1) is 22.9 Å².